The predicted molar refractivity (Wildman–Crippen MR) is 101 cm³/mol. The molecule has 0 atom stereocenters. The molecular formula is C19H20N4O2S. The summed E-state index contributed by atoms with van der Waals surface area (Å²) in [7, 11) is 0. The van der Waals surface area contributed by atoms with Crippen LogP contribution in [-0.2, 0) is 5.75 Å². The lowest BCUT2D eigenvalue weighted by molar-refractivity contribution is 0.101. The minimum atomic E-state index is 0.0315. The topological polar surface area (TPSA) is 69.9 Å². The first-order chi connectivity index (χ1) is 12.6. The Kier molecular flexibility index (Phi) is 5.68. The smallest absolute Gasteiger partial charge is 0.214 e. The van der Waals surface area contributed by atoms with E-state index in [9.17, 15) is 4.79 Å². The van der Waals surface area contributed by atoms with Crippen LogP contribution in [-0.4, -0.2) is 32.6 Å². The van der Waals surface area contributed by atoms with Gasteiger partial charge in [0.15, 0.2) is 5.78 Å². The van der Waals surface area contributed by atoms with Gasteiger partial charge in [-0.2, -0.15) is 4.68 Å². The summed E-state index contributed by atoms with van der Waals surface area (Å²) in [6.07, 6.45) is 0. The van der Waals surface area contributed by atoms with E-state index < -0.39 is 0 Å². The zero-order valence-corrected chi connectivity index (χ0v) is 15.8. The van der Waals surface area contributed by atoms with E-state index in [0.717, 1.165) is 22.6 Å². The van der Waals surface area contributed by atoms with Crippen LogP contribution in [0.15, 0.2) is 47.6 Å². The second-order valence-electron chi connectivity index (χ2n) is 5.76. The quantitative estimate of drug-likeness (QED) is 0.466. The van der Waals surface area contributed by atoms with Gasteiger partial charge in [0, 0.05) is 16.9 Å². The molecule has 0 unspecified atom stereocenters. The number of benzene rings is 2. The number of carbonyl (C=O) groups excluding carboxylic acids is 1. The number of carbonyl (C=O) groups is 1. The number of tetrazole rings is 1. The zero-order chi connectivity index (χ0) is 18.5. The summed E-state index contributed by atoms with van der Waals surface area (Å²) >= 11 is 1.51. The monoisotopic (exact) mass is 368 g/mol. The maximum Gasteiger partial charge on any atom is 0.214 e. The first-order valence-corrected chi connectivity index (χ1v) is 9.32. The first-order valence-electron chi connectivity index (χ1n) is 8.34. The number of nitrogens with zero attached hydrogens (tertiary/aromatic N) is 4. The predicted octanol–water partition coefficient (Wildman–Crippen LogP) is 3.86. The third kappa shape index (κ3) is 3.94. The minimum Gasteiger partial charge on any atom is -0.494 e. The van der Waals surface area contributed by atoms with Gasteiger partial charge in [0.2, 0.25) is 5.16 Å². The fourth-order valence-corrected chi connectivity index (χ4v) is 3.43. The van der Waals surface area contributed by atoms with Crippen LogP contribution in [0.1, 0.15) is 35.3 Å². The Morgan fingerprint density at radius 1 is 1.23 bits per heavy atom. The highest BCUT2D eigenvalue weighted by molar-refractivity contribution is 7.98. The fourth-order valence-electron chi connectivity index (χ4n) is 2.57. The molecule has 26 heavy (non-hydrogen) atoms. The minimum absolute atomic E-state index is 0.0315. The van der Waals surface area contributed by atoms with Gasteiger partial charge in [-0.3, -0.25) is 4.79 Å². The van der Waals surface area contributed by atoms with Crippen LogP contribution in [0, 0.1) is 6.92 Å². The maximum atomic E-state index is 11.7. The largest absolute Gasteiger partial charge is 0.494 e. The molecule has 0 radical (unpaired) electrons. The van der Waals surface area contributed by atoms with E-state index in [-0.39, 0.29) is 5.78 Å². The molecule has 0 spiro atoms. The van der Waals surface area contributed by atoms with Crippen LogP contribution in [0.4, 0.5) is 0 Å². The van der Waals surface area contributed by atoms with E-state index in [4.69, 9.17) is 4.74 Å². The summed E-state index contributed by atoms with van der Waals surface area (Å²) < 4.78 is 7.42. The number of hydrogen-bond donors (Lipinski definition) is 0. The molecule has 0 fully saturated rings. The van der Waals surface area contributed by atoms with Crippen LogP contribution in [0.2, 0.25) is 0 Å². The molecule has 6 nitrogen and oxygen atoms in total. The molecule has 134 valence electrons. The normalized spacial score (nSPS) is 10.7. The molecule has 1 aromatic heterocycles. The molecule has 0 bridgehead atoms. The number of ether oxygens (including phenoxy) is 1. The molecule has 0 aliphatic carbocycles. The number of aromatic nitrogens is 4. The van der Waals surface area contributed by atoms with Crippen LogP contribution >= 0.6 is 11.8 Å². The van der Waals surface area contributed by atoms with Gasteiger partial charge in [0.1, 0.15) is 5.75 Å². The molecule has 0 saturated carbocycles. The van der Waals surface area contributed by atoms with Crippen molar-refractivity contribution in [3.05, 3.63) is 59.2 Å². The highest BCUT2D eigenvalue weighted by Crippen LogP contribution is 2.29. The fraction of sp³-hybridized carbons (Fsp3) is 0.263. The third-order valence-corrected chi connectivity index (χ3v) is 4.88. The number of aryl methyl sites for hydroxylation is 1. The van der Waals surface area contributed by atoms with Gasteiger partial charge < -0.3 is 4.74 Å². The molecular weight excluding hydrogens is 348 g/mol. The number of hydrogen-bond acceptors (Lipinski definition) is 6. The van der Waals surface area contributed by atoms with Crippen molar-refractivity contribution >= 4 is 17.5 Å². The molecule has 3 aromatic rings. The van der Waals surface area contributed by atoms with Gasteiger partial charge in [-0.15, -0.1) is 5.10 Å². The Morgan fingerprint density at radius 2 is 2.04 bits per heavy atom. The molecule has 0 saturated heterocycles. The maximum absolute atomic E-state index is 11.7. The highest BCUT2D eigenvalue weighted by Gasteiger charge is 2.14. The average molecular weight is 368 g/mol. The van der Waals surface area contributed by atoms with Gasteiger partial charge >= 0.3 is 0 Å². The van der Waals surface area contributed by atoms with Gasteiger partial charge in [-0.1, -0.05) is 30.0 Å². The van der Waals surface area contributed by atoms with E-state index in [1.807, 2.05) is 50.2 Å². The Morgan fingerprint density at radius 3 is 2.77 bits per heavy atom. The number of thioether (sulfide) groups is 1. The Hall–Kier alpha value is -2.67. The molecule has 2 aromatic carbocycles. The molecule has 0 amide bonds. The number of ketones is 1. The van der Waals surface area contributed by atoms with Crippen molar-refractivity contribution in [1.82, 2.24) is 20.2 Å². The van der Waals surface area contributed by atoms with Gasteiger partial charge in [-0.25, -0.2) is 0 Å². The highest BCUT2D eigenvalue weighted by atomic mass is 32.2. The van der Waals surface area contributed by atoms with E-state index in [0.29, 0.717) is 23.1 Å². The Balaban J connectivity index is 1.86. The first kappa shape index (κ1) is 18.1. The lowest BCUT2D eigenvalue weighted by Gasteiger charge is -2.11. The third-order valence-electron chi connectivity index (χ3n) is 3.91. The molecule has 3 rings (SSSR count). The molecule has 1 heterocycles. The van der Waals surface area contributed by atoms with Crippen LogP contribution in [0.25, 0.3) is 5.69 Å². The summed E-state index contributed by atoms with van der Waals surface area (Å²) in [5.41, 5.74) is 3.66. The Labute approximate surface area is 156 Å². The van der Waals surface area contributed by atoms with E-state index >= 15 is 0 Å². The van der Waals surface area contributed by atoms with Crippen LogP contribution < -0.4 is 4.74 Å². The second-order valence-corrected chi connectivity index (χ2v) is 6.70. The summed E-state index contributed by atoms with van der Waals surface area (Å²) in [5, 5.41) is 12.8. The lowest BCUT2D eigenvalue weighted by Crippen LogP contribution is -2.02. The number of rotatable bonds is 7. The van der Waals surface area contributed by atoms with Crippen molar-refractivity contribution in [3.63, 3.8) is 0 Å². The van der Waals surface area contributed by atoms with Crippen LogP contribution in [0.5, 0.6) is 5.75 Å². The molecule has 0 aliphatic heterocycles. The Bertz CT molecular complexity index is 923. The zero-order valence-electron chi connectivity index (χ0n) is 15.0. The molecule has 7 heteroatoms. The van der Waals surface area contributed by atoms with Crippen molar-refractivity contribution in [2.75, 3.05) is 6.61 Å². The van der Waals surface area contributed by atoms with Crippen LogP contribution in [0.3, 0.4) is 0 Å². The summed E-state index contributed by atoms with van der Waals surface area (Å²) in [4.78, 5) is 11.7. The molecule has 0 N–H and O–H groups in total. The van der Waals surface area contributed by atoms with Gasteiger partial charge in [-0.05, 0) is 61.0 Å². The van der Waals surface area contributed by atoms with Crippen molar-refractivity contribution in [2.45, 2.75) is 31.7 Å². The summed E-state index contributed by atoms with van der Waals surface area (Å²) in [6.45, 7) is 6.09. The van der Waals surface area contributed by atoms with Gasteiger partial charge in [0.25, 0.3) is 0 Å². The molecule has 0 aliphatic rings. The van der Waals surface area contributed by atoms with Crippen molar-refractivity contribution in [1.29, 1.82) is 0 Å². The standard InChI is InChI=1S/C19H20N4O2S/c1-4-25-18-10-9-15(14(3)24)11-16(18)12-26-19-20-21-22-23(19)17-8-6-5-7-13(17)2/h5-11H,4,12H2,1-3H3. The van der Waals surface area contributed by atoms with E-state index in [1.54, 1.807) is 17.7 Å². The SMILES string of the molecule is CCOc1ccc(C(C)=O)cc1CSc1nnnn1-c1ccccc1C. The van der Waals surface area contributed by atoms with E-state index in [1.165, 1.54) is 11.8 Å². The second kappa shape index (κ2) is 8.14. The van der Waals surface area contributed by atoms with Crippen molar-refractivity contribution in [2.24, 2.45) is 0 Å². The average Bonchev–Trinajstić information content (AvgIpc) is 3.09. The number of para-hydroxylation sites is 1. The number of Topliss-reactive ketones (excluding diaryl/α,β-unsaturated/α-hetero) is 1. The summed E-state index contributed by atoms with van der Waals surface area (Å²) in [5.74, 6) is 1.41. The van der Waals surface area contributed by atoms with Crippen molar-refractivity contribution < 1.29 is 9.53 Å². The lowest BCUT2D eigenvalue weighted by atomic mass is 10.1. The van der Waals surface area contributed by atoms with Gasteiger partial charge in [0.05, 0.1) is 12.3 Å². The van der Waals surface area contributed by atoms with Crippen molar-refractivity contribution in [3.8, 4) is 11.4 Å². The summed E-state index contributed by atoms with van der Waals surface area (Å²) in [6, 6.07) is 13.5. The van der Waals surface area contributed by atoms with E-state index in [2.05, 4.69) is 15.5 Å².